The summed E-state index contributed by atoms with van der Waals surface area (Å²) in [7, 11) is 0. The summed E-state index contributed by atoms with van der Waals surface area (Å²) in [5.41, 5.74) is 1.92. The van der Waals surface area contributed by atoms with E-state index >= 15 is 0 Å². The van der Waals surface area contributed by atoms with Crippen LogP contribution in [0.15, 0.2) is 54.6 Å². The Hall–Kier alpha value is -2.07. The molecule has 114 valence electrons. The summed E-state index contributed by atoms with van der Waals surface area (Å²) in [6.45, 7) is 4.20. The van der Waals surface area contributed by atoms with E-state index in [1.807, 2.05) is 48.5 Å². The molecule has 0 saturated heterocycles. The third-order valence-corrected chi connectivity index (χ3v) is 3.93. The van der Waals surface area contributed by atoms with Crippen molar-refractivity contribution in [1.82, 2.24) is 5.32 Å². The van der Waals surface area contributed by atoms with Crippen LogP contribution < -0.4 is 15.4 Å². The van der Waals surface area contributed by atoms with Gasteiger partial charge in [-0.1, -0.05) is 36.4 Å². The predicted octanol–water partition coefficient (Wildman–Crippen LogP) is 4.28. The fourth-order valence-corrected chi connectivity index (χ4v) is 3.04. The zero-order chi connectivity index (χ0) is 15.6. The van der Waals surface area contributed by atoms with E-state index in [0.29, 0.717) is 5.11 Å². The topological polar surface area (TPSA) is 33.3 Å². The number of para-hydroxylation sites is 2. The Morgan fingerprint density at radius 2 is 1.77 bits per heavy atom. The molecule has 0 spiro atoms. The number of anilines is 1. The molecule has 0 fully saturated rings. The molecule has 3 nitrogen and oxygen atoms in total. The number of ether oxygens (including phenoxy) is 1. The van der Waals surface area contributed by atoms with Crippen LogP contribution in [0.1, 0.15) is 31.9 Å². The molecule has 1 heterocycles. The SMILES string of the molecule is CC1(C)C[C@@H](NC(=S)Nc2ccccc2)c2ccccc2O1. The van der Waals surface area contributed by atoms with E-state index < -0.39 is 0 Å². The van der Waals surface area contributed by atoms with Crippen molar-refractivity contribution in [1.29, 1.82) is 0 Å². The lowest BCUT2D eigenvalue weighted by Crippen LogP contribution is -2.42. The Morgan fingerprint density at radius 1 is 1.09 bits per heavy atom. The van der Waals surface area contributed by atoms with Gasteiger partial charge in [-0.05, 0) is 44.3 Å². The fourth-order valence-electron chi connectivity index (χ4n) is 2.78. The second kappa shape index (κ2) is 5.97. The Bertz CT molecular complexity index is 670. The summed E-state index contributed by atoms with van der Waals surface area (Å²) in [5, 5.41) is 7.27. The first-order chi connectivity index (χ1) is 10.5. The first kappa shape index (κ1) is 14.9. The molecule has 0 bridgehead atoms. The molecular formula is C18H20N2OS. The van der Waals surface area contributed by atoms with Crippen LogP contribution in [0.5, 0.6) is 5.75 Å². The molecule has 3 rings (SSSR count). The molecule has 22 heavy (non-hydrogen) atoms. The highest BCUT2D eigenvalue weighted by molar-refractivity contribution is 7.80. The highest BCUT2D eigenvalue weighted by Gasteiger charge is 2.33. The quantitative estimate of drug-likeness (QED) is 0.811. The summed E-state index contributed by atoms with van der Waals surface area (Å²) in [5.74, 6) is 0.929. The number of nitrogens with one attached hydrogen (secondary N) is 2. The maximum Gasteiger partial charge on any atom is 0.171 e. The molecule has 1 aliphatic heterocycles. The summed E-state index contributed by atoms with van der Waals surface area (Å²) in [4.78, 5) is 0. The third kappa shape index (κ3) is 3.39. The molecule has 1 atom stereocenters. The first-order valence-electron chi connectivity index (χ1n) is 7.44. The average molecular weight is 312 g/mol. The molecule has 0 radical (unpaired) electrons. The standard InChI is InChI=1S/C18H20N2OS/c1-18(2)12-15(14-10-6-7-11-16(14)21-18)20-17(22)19-13-8-4-3-5-9-13/h3-11,15H,12H2,1-2H3,(H2,19,20,22)/t15-/m1/s1. The first-order valence-corrected chi connectivity index (χ1v) is 7.85. The second-order valence-corrected chi connectivity index (χ2v) is 6.53. The van der Waals surface area contributed by atoms with Crippen LogP contribution in [0, 0.1) is 0 Å². The minimum atomic E-state index is -0.214. The second-order valence-electron chi connectivity index (χ2n) is 6.12. The van der Waals surface area contributed by atoms with Crippen molar-refractivity contribution in [3.05, 3.63) is 60.2 Å². The predicted molar refractivity (Wildman–Crippen MR) is 94.3 cm³/mol. The van der Waals surface area contributed by atoms with E-state index in [1.165, 1.54) is 0 Å². The normalized spacial score (nSPS) is 18.7. The Balaban J connectivity index is 1.75. The average Bonchev–Trinajstić information content (AvgIpc) is 2.47. The lowest BCUT2D eigenvalue weighted by Gasteiger charge is -2.38. The van der Waals surface area contributed by atoms with Crippen molar-refractivity contribution >= 4 is 23.0 Å². The van der Waals surface area contributed by atoms with Gasteiger partial charge in [0.25, 0.3) is 0 Å². The molecule has 2 aromatic carbocycles. The maximum atomic E-state index is 6.05. The smallest absolute Gasteiger partial charge is 0.171 e. The number of rotatable bonds is 2. The van der Waals surface area contributed by atoms with E-state index in [4.69, 9.17) is 17.0 Å². The number of fused-ring (bicyclic) bond motifs is 1. The molecule has 0 aromatic heterocycles. The van der Waals surface area contributed by atoms with Crippen LogP contribution in [0.4, 0.5) is 5.69 Å². The van der Waals surface area contributed by atoms with Crippen LogP contribution >= 0.6 is 12.2 Å². The summed E-state index contributed by atoms with van der Waals surface area (Å²) < 4.78 is 6.05. The monoisotopic (exact) mass is 312 g/mol. The van der Waals surface area contributed by atoms with Gasteiger partial charge in [0.05, 0.1) is 6.04 Å². The minimum absolute atomic E-state index is 0.142. The van der Waals surface area contributed by atoms with E-state index in [2.05, 4.69) is 30.5 Å². The van der Waals surface area contributed by atoms with Gasteiger partial charge in [0, 0.05) is 17.7 Å². The number of hydrogen-bond acceptors (Lipinski definition) is 2. The van der Waals surface area contributed by atoms with Crippen LogP contribution in [-0.2, 0) is 0 Å². The van der Waals surface area contributed by atoms with Gasteiger partial charge < -0.3 is 15.4 Å². The molecular weight excluding hydrogens is 292 g/mol. The molecule has 0 unspecified atom stereocenters. The van der Waals surface area contributed by atoms with Crippen LogP contribution in [0.2, 0.25) is 0 Å². The molecule has 0 saturated carbocycles. The number of thiocarbonyl (C=S) groups is 1. The zero-order valence-electron chi connectivity index (χ0n) is 12.8. The van der Waals surface area contributed by atoms with Gasteiger partial charge in [-0.3, -0.25) is 0 Å². The lowest BCUT2D eigenvalue weighted by molar-refractivity contribution is 0.0697. The Morgan fingerprint density at radius 3 is 2.55 bits per heavy atom. The largest absolute Gasteiger partial charge is 0.487 e. The van der Waals surface area contributed by atoms with Gasteiger partial charge in [0.15, 0.2) is 5.11 Å². The summed E-state index contributed by atoms with van der Waals surface area (Å²) in [6.07, 6.45) is 0.862. The highest BCUT2D eigenvalue weighted by Crippen LogP contribution is 2.39. The Labute approximate surface area is 136 Å². The van der Waals surface area contributed by atoms with E-state index in [9.17, 15) is 0 Å². The molecule has 4 heteroatoms. The highest BCUT2D eigenvalue weighted by atomic mass is 32.1. The van der Waals surface area contributed by atoms with Crippen molar-refractivity contribution < 1.29 is 4.74 Å². The van der Waals surface area contributed by atoms with E-state index in [-0.39, 0.29) is 11.6 Å². The minimum Gasteiger partial charge on any atom is -0.487 e. The summed E-state index contributed by atoms with van der Waals surface area (Å²) >= 11 is 5.46. The van der Waals surface area contributed by atoms with Crippen molar-refractivity contribution in [3.63, 3.8) is 0 Å². The van der Waals surface area contributed by atoms with Gasteiger partial charge in [-0.25, -0.2) is 0 Å². The van der Waals surface area contributed by atoms with E-state index in [1.54, 1.807) is 0 Å². The summed E-state index contributed by atoms with van der Waals surface area (Å²) in [6, 6.07) is 18.2. The molecule has 1 aliphatic rings. The van der Waals surface area contributed by atoms with Crippen LogP contribution in [0.25, 0.3) is 0 Å². The molecule has 2 aromatic rings. The van der Waals surface area contributed by atoms with Gasteiger partial charge in [-0.15, -0.1) is 0 Å². The zero-order valence-corrected chi connectivity index (χ0v) is 13.6. The van der Waals surface area contributed by atoms with Crippen LogP contribution in [-0.4, -0.2) is 10.7 Å². The third-order valence-electron chi connectivity index (χ3n) is 3.71. The van der Waals surface area contributed by atoms with Crippen molar-refractivity contribution in [3.8, 4) is 5.75 Å². The molecule has 0 amide bonds. The lowest BCUT2D eigenvalue weighted by atomic mass is 9.90. The molecule has 0 aliphatic carbocycles. The van der Waals surface area contributed by atoms with Crippen molar-refractivity contribution in [2.45, 2.75) is 31.9 Å². The van der Waals surface area contributed by atoms with Gasteiger partial charge in [0.2, 0.25) is 0 Å². The number of benzene rings is 2. The van der Waals surface area contributed by atoms with E-state index in [0.717, 1.165) is 23.4 Å². The fraction of sp³-hybridized carbons (Fsp3) is 0.278. The maximum absolute atomic E-state index is 6.05. The Kier molecular flexibility index (Phi) is 4.03. The van der Waals surface area contributed by atoms with Crippen molar-refractivity contribution in [2.24, 2.45) is 0 Å². The van der Waals surface area contributed by atoms with Crippen LogP contribution in [0.3, 0.4) is 0 Å². The number of hydrogen-bond donors (Lipinski definition) is 2. The van der Waals surface area contributed by atoms with Gasteiger partial charge in [-0.2, -0.15) is 0 Å². The molecule has 2 N–H and O–H groups in total. The van der Waals surface area contributed by atoms with Crippen molar-refractivity contribution in [2.75, 3.05) is 5.32 Å². The van der Waals surface area contributed by atoms with Gasteiger partial charge >= 0.3 is 0 Å². The van der Waals surface area contributed by atoms with Gasteiger partial charge in [0.1, 0.15) is 11.4 Å².